The number of amides is 2. The molecule has 1 aromatic heterocycles. The molecule has 3 aromatic rings. The van der Waals surface area contributed by atoms with Gasteiger partial charge in [-0.25, -0.2) is 9.78 Å². The number of nitrogens with zero attached hydrogens (tertiary/aromatic N) is 2. The Bertz CT molecular complexity index is 1010. The third-order valence-electron chi connectivity index (χ3n) is 4.67. The molecule has 0 fully saturated rings. The van der Waals surface area contributed by atoms with Crippen LogP contribution in [0.2, 0.25) is 0 Å². The van der Waals surface area contributed by atoms with E-state index in [1.807, 2.05) is 18.2 Å². The minimum Gasteiger partial charge on any atom is -0.465 e. The number of aromatic nitrogens is 1. The van der Waals surface area contributed by atoms with Crippen molar-refractivity contribution in [2.24, 2.45) is 0 Å². The van der Waals surface area contributed by atoms with Crippen LogP contribution in [0.3, 0.4) is 0 Å². The summed E-state index contributed by atoms with van der Waals surface area (Å²) in [7, 11) is 0. The monoisotopic (exact) mass is 440 g/mol. The molecule has 0 aliphatic heterocycles. The molecule has 8 nitrogen and oxygen atoms in total. The summed E-state index contributed by atoms with van der Waals surface area (Å²) < 4.78 is 0. The number of nitrogens with two attached hydrogens (primary N) is 1. The van der Waals surface area contributed by atoms with E-state index in [1.165, 1.54) is 16.2 Å². The molecule has 1 atom stereocenters. The number of aliphatic hydroxyl groups is 1. The van der Waals surface area contributed by atoms with Gasteiger partial charge in [-0.1, -0.05) is 42.5 Å². The predicted molar refractivity (Wildman–Crippen MR) is 120 cm³/mol. The first-order valence-electron chi connectivity index (χ1n) is 9.70. The zero-order valence-electron chi connectivity index (χ0n) is 16.8. The highest BCUT2D eigenvalue weighted by Gasteiger charge is 2.17. The molecule has 0 saturated heterocycles. The molecule has 0 bridgehead atoms. The molecule has 0 radical (unpaired) electrons. The number of anilines is 2. The maximum Gasteiger partial charge on any atom is 0.407 e. The van der Waals surface area contributed by atoms with E-state index in [-0.39, 0.29) is 25.4 Å². The van der Waals surface area contributed by atoms with E-state index in [9.17, 15) is 19.8 Å². The van der Waals surface area contributed by atoms with Crippen LogP contribution < -0.4 is 11.1 Å². The van der Waals surface area contributed by atoms with Gasteiger partial charge in [0.15, 0.2) is 5.13 Å². The Morgan fingerprint density at radius 3 is 2.45 bits per heavy atom. The molecule has 0 unspecified atom stereocenters. The summed E-state index contributed by atoms with van der Waals surface area (Å²) in [5.74, 6) is -0.190. The standard InChI is InChI=1S/C22H24N4O4S/c23-21-25-18(14-31-21)12-20(28)24-17-8-6-15(7-9-17)10-11-26(22(29)30)13-19(27)16-4-2-1-3-5-16/h1-9,14,19,27H,10-13H2,(H2,23,25)(H,24,28)(H,29,30)/t19-/m0/s1. The molecule has 9 heteroatoms. The zero-order valence-corrected chi connectivity index (χ0v) is 17.6. The number of carboxylic acid groups (broad SMARTS) is 1. The van der Waals surface area contributed by atoms with Crippen LogP contribution in [0.25, 0.3) is 0 Å². The molecule has 162 valence electrons. The van der Waals surface area contributed by atoms with Crippen molar-refractivity contribution in [1.29, 1.82) is 0 Å². The summed E-state index contributed by atoms with van der Waals surface area (Å²) >= 11 is 1.29. The Hall–Kier alpha value is -3.43. The van der Waals surface area contributed by atoms with E-state index < -0.39 is 12.2 Å². The van der Waals surface area contributed by atoms with Crippen LogP contribution in [-0.4, -0.2) is 45.2 Å². The fourth-order valence-electron chi connectivity index (χ4n) is 3.05. The van der Waals surface area contributed by atoms with Crippen molar-refractivity contribution in [3.8, 4) is 0 Å². The molecule has 31 heavy (non-hydrogen) atoms. The van der Waals surface area contributed by atoms with Gasteiger partial charge in [0.25, 0.3) is 0 Å². The Morgan fingerprint density at radius 2 is 1.84 bits per heavy atom. The van der Waals surface area contributed by atoms with Crippen molar-refractivity contribution in [3.63, 3.8) is 0 Å². The minimum atomic E-state index is -1.08. The summed E-state index contributed by atoms with van der Waals surface area (Å²) in [6, 6.07) is 16.2. The molecular formula is C22H24N4O4S. The second kappa shape index (κ2) is 10.6. The molecule has 5 N–H and O–H groups in total. The maximum absolute atomic E-state index is 12.1. The summed E-state index contributed by atoms with van der Waals surface area (Å²) in [5.41, 5.74) is 8.44. The number of thiazole rings is 1. The smallest absolute Gasteiger partial charge is 0.407 e. The summed E-state index contributed by atoms with van der Waals surface area (Å²) in [6.07, 6.45) is -1.34. The van der Waals surface area contributed by atoms with Crippen molar-refractivity contribution in [1.82, 2.24) is 9.88 Å². The average molecular weight is 441 g/mol. The second-order valence-corrected chi connectivity index (χ2v) is 7.89. The van der Waals surface area contributed by atoms with E-state index in [2.05, 4.69) is 10.3 Å². The molecule has 0 aliphatic rings. The third kappa shape index (κ3) is 6.80. The van der Waals surface area contributed by atoms with E-state index in [0.717, 1.165) is 5.56 Å². The summed E-state index contributed by atoms with van der Waals surface area (Å²) in [4.78, 5) is 28.9. The highest BCUT2D eigenvalue weighted by molar-refractivity contribution is 7.13. The van der Waals surface area contributed by atoms with Crippen LogP contribution in [0.15, 0.2) is 60.0 Å². The van der Waals surface area contributed by atoms with Crippen LogP contribution in [0.5, 0.6) is 0 Å². The van der Waals surface area contributed by atoms with Crippen molar-refractivity contribution < 1.29 is 19.8 Å². The lowest BCUT2D eigenvalue weighted by Crippen LogP contribution is -2.35. The first-order chi connectivity index (χ1) is 14.9. The van der Waals surface area contributed by atoms with Gasteiger partial charge in [0.2, 0.25) is 5.91 Å². The highest BCUT2D eigenvalue weighted by atomic mass is 32.1. The van der Waals surface area contributed by atoms with E-state index in [1.54, 1.807) is 41.8 Å². The van der Waals surface area contributed by atoms with Crippen LogP contribution in [0, 0.1) is 0 Å². The van der Waals surface area contributed by atoms with Crippen LogP contribution in [0.1, 0.15) is 22.9 Å². The third-order valence-corrected chi connectivity index (χ3v) is 5.39. The van der Waals surface area contributed by atoms with Gasteiger partial charge in [0.1, 0.15) is 0 Å². The number of aliphatic hydroxyl groups excluding tert-OH is 1. The van der Waals surface area contributed by atoms with Gasteiger partial charge in [-0.05, 0) is 29.7 Å². The predicted octanol–water partition coefficient (Wildman–Crippen LogP) is 3.16. The van der Waals surface area contributed by atoms with Gasteiger partial charge in [0, 0.05) is 17.6 Å². The number of hydrogen-bond acceptors (Lipinski definition) is 6. The average Bonchev–Trinajstić information content (AvgIpc) is 3.16. The van der Waals surface area contributed by atoms with Crippen LogP contribution >= 0.6 is 11.3 Å². The molecule has 1 heterocycles. The van der Waals surface area contributed by atoms with Crippen LogP contribution in [0.4, 0.5) is 15.6 Å². The number of hydrogen-bond donors (Lipinski definition) is 4. The molecule has 0 aliphatic carbocycles. The molecule has 2 amide bonds. The second-order valence-electron chi connectivity index (χ2n) is 7.00. The first kappa shape index (κ1) is 22.3. The number of rotatable bonds is 9. The fourth-order valence-corrected chi connectivity index (χ4v) is 3.61. The fraction of sp³-hybridized carbons (Fsp3) is 0.227. The lowest BCUT2D eigenvalue weighted by molar-refractivity contribution is -0.115. The molecule has 0 spiro atoms. The van der Waals surface area contributed by atoms with E-state index in [4.69, 9.17) is 5.73 Å². The van der Waals surface area contributed by atoms with Crippen LogP contribution in [-0.2, 0) is 17.6 Å². The van der Waals surface area contributed by atoms with Gasteiger partial charge < -0.3 is 26.2 Å². The zero-order chi connectivity index (χ0) is 22.2. The Kier molecular flexibility index (Phi) is 7.58. The minimum absolute atomic E-state index is 0.00534. The van der Waals surface area contributed by atoms with Gasteiger partial charge in [-0.3, -0.25) is 4.79 Å². The number of benzene rings is 2. The van der Waals surface area contributed by atoms with Crippen molar-refractivity contribution >= 4 is 34.2 Å². The molecular weight excluding hydrogens is 416 g/mol. The van der Waals surface area contributed by atoms with E-state index >= 15 is 0 Å². The Balaban J connectivity index is 1.50. The van der Waals surface area contributed by atoms with Gasteiger partial charge in [0.05, 0.1) is 24.8 Å². The van der Waals surface area contributed by atoms with Gasteiger partial charge in [-0.2, -0.15) is 0 Å². The normalized spacial score (nSPS) is 11.6. The number of carbonyl (C=O) groups excluding carboxylic acids is 1. The number of nitrogen functional groups attached to an aromatic ring is 1. The first-order valence-corrected chi connectivity index (χ1v) is 10.6. The summed E-state index contributed by atoms with van der Waals surface area (Å²) in [5, 5.41) is 24.8. The number of carbonyl (C=O) groups is 2. The number of nitrogens with one attached hydrogen (secondary N) is 1. The lowest BCUT2D eigenvalue weighted by Gasteiger charge is -2.22. The van der Waals surface area contributed by atoms with Crippen molar-refractivity contribution in [2.75, 3.05) is 24.1 Å². The Morgan fingerprint density at radius 1 is 1.13 bits per heavy atom. The summed E-state index contributed by atoms with van der Waals surface area (Å²) in [6.45, 7) is 0.241. The topological polar surface area (TPSA) is 129 Å². The van der Waals surface area contributed by atoms with Gasteiger partial charge >= 0.3 is 6.09 Å². The van der Waals surface area contributed by atoms with Crippen molar-refractivity contribution in [3.05, 3.63) is 76.8 Å². The quantitative estimate of drug-likeness (QED) is 0.405. The van der Waals surface area contributed by atoms with Gasteiger partial charge in [-0.15, -0.1) is 11.3 Å². The Labute approximate surface area is 184 Å². The highest BCUT2D eigenvalue weighted by Crippen LogP contribution is 2.16. The molecule has 3 rings (SSSR count). The van der Waals surface area contributed by atoms with E-state index in [0.29, 0.717) is 28.5 Å². The SMILES string of the molecule is Nc1nc(CC(=O)Nc2ccc(CCN(C[C@H](O)c3ccccc3)C(=O)O)cc2)cs1. The lowest BCUT2D eigenvalue weighted by atomic mass is 10.1. The largest absolute Gasteiger partial charge is 0.465 e. The molecule has 0 saturated carbocycles. The maximum atomic E-state index is 12.1. The molecule has 2 aromatic carbocycles. The van der Waals surface area contributed by atoms with Crippen molar-refractivity contribution in [2.45, 2.75) is 18.9 Å².